The van der Waals surface area contributed by atoms with Crippen LogP contribution in [0.15, 0.2) is 60.9 Å². The summed E-state index contributed by atoms with van der Waals surface area (Å²) in [5.41, 5.74) is 3.99. The maximum absolute atomic E-state index is 13.5. The summed E-state index contributed by atoms with van der Waals surface area (Å²) < 4.78 is 1.70. The van der Waals surface area contributed by atoms with Gasteiger partial charge in [-0.15, -0.1) is 0 Å². The number of benzene rings is 1. The number of amides is 1. The molecule has 150 valence electrons. The highest BCUT2D eigenvalue weighted by atomic mass is 16.2. The molecule has 1 aromatic carbocycles. The molecule has 2 aromatic heterocycles. The van der Waals surface area contributed by atoms with Crippen LogP contribution >= 0.6 is 0 Å². The van der Waals surface area contributed by atoms with Gasteiger partial charge in [0.15, 0.2) is 0 Å². The molecule has 5 heteroatoms. The summed E-state index contributed by atoms with van der Waals surface area (Å²) in [6.45, 7) is 2.50. The third-order valence-corrected chi connectivity index (χ3v) is 5.97. The van der Waals surface area contributed by atoms with E-state index in [1.165, 1.54) is 5.56 Å². The monoisotopic (exact) mass is 388 g/mol. The summed E-state index contributed by atoms with van der Waals surface area (Å²) in [7, 11) is 1.84. The van der Waals surface area contributed by atoms with Crippen molar-refractivity contribution in [3.8, 4) is 0 Å². The van der Waals surface area contributed by atoms with Gasteiger partial charge in [-0.3, -0.25) is 14.5 Å². The van der Waals surface area contributed by atoms with E-state index in [1.807, 2.05) is 43.3 Å². The summed E-state index contributed by atoms with van der Waals surface area (Å²) in [4.78, 5) is 19.7. The number of carbonyl (C=O) groups is 1. The van der Waals surface area contributed by atoms with Gasteiger partial charge in [-0.05, 0) is 61.8 Å². The second kappa shape index (κ2) is 8.60. The van der Waals surface area contributed by atoms with Crippen molar-refractivity contribution in [2.45, 2.75) is 51.1 Å². The summed E-state index contributed by atoms with van der Waals surface area (Å²) in [6, 6.07) is 16.8. The van der Waals surface area contributed by atoms with E-state index < -0.39 is 0 Å². The third-order valence-electron chi connectivity index (χ3n) is 5.97. The minimum atomic E-state index is 0.0557. The summed E-state index contributed by atoms with van der Waals surface area (Å²) >= 11 is 0. The first-order valence-electron chi connectivity index (χ1n) is 10.4. The molecule has 0 aliphatic heterocycles. The second-order valence-electron chi connectivity index (χ2n) is 8.01. The smallest absolute Gasteiger partial charge is 0.272 e. The molecule has 4 rings (SSSR count). The van der Waals surface area contributed by atoms with Gasteiger partial charge < -0.3 is 4.90 Å². The molecular formula is C24H28N4O. The Hall–Kier alpha value is -2.95. The third kappa shape index (κ3) is 4.39. The molecular weight excluding hydrogens is 360 g/mol. The Bertz CT molecular complexity index is 944. The highest BCUT2D eigenvalue weighted by molar-refractivity contribution is 5.93. The normalized spacial score (nSPS) is 19.1. The molecule has 0 unspecified atom stereocenters. The first kappa shape index (κ1) is 19.4. The lowest BCUT2D eigenvalue weighted by Gasteiger charge is -2.37. The lowest BCUT2D eigenvalue weighted by Crippen LogP contribution is -2.42. The first-order valence-corrected chi connectivity index (χ1v) is 10.4. The average Bonchev–Trinajstić information content (AvgIpc) is 3.11. The number of hydrogen-bond donors (Lipinski definition) is 0. The van der Waals surface area contributed by atoms with E-state index in [0.717, 1.165) is 36.9 Å². The van der Waals surface area contributed by atoms with Crippen molar-refractivity contribution in [1.82, 2.24) is 19.7 Å². The second-order valence-corrected chi connectivity index (χ2v) is 8.01. The van der Waals surface area contributed by atoms with Gasteiger partial charge >= 0.3 is 0 Å². The number of pyridine rings is 1. The van der Waals surface area contributed by atoms with Gasteiger partial charge in [0, 0.05) is 32.0 Å². The summed E-state index contributed by atoms with van der Waals surface area (Å²) in [5.74, 6) is 0.641. The fourth-order valence-corrected chi connectivity index (χ4v) is 4.46. The van der Waals surface area contributed by atoms with Crippen LogP contribution in [-0.4, -0.2) is 31.6 Å². The maximum Gasteiger partial charge on any atom is 0.272 e. The molecule has 0 bridgehead atoms. The lowest BCUT2D eigenvalue weighted by atomic mass is 9.81. The molecule has 1 aliphatic rings. The predicted molar refractivity (Wildman–Crippen MR) is 113 cm³/mol. The number of aromatic nitrogens is 3. The Morgan fingerprint density at radius 2 is 1.86 bits per heavy atom. The standard InChI is InChI=1S/C24H28N4O/c1-18-15-23(27(2)26-18)24(29)28(17-19-7-6-14-25-16-19)22-12-10-21(11-13-22)20-8-4-3-5-9-20/h3-9,14-16,21-22H,10-13,17H2,1-2H3. The Kier molecular flexibility index (Phi) is 5.74. The summed E-state index contributed by atoms with van der Waals surface area (Å²) in [6.07, 6.45) is 7.87. The van der Waals surface area contributed by atoms with Crippen molar-refractivity contribution >= 4 is 5.91 Å². The van der Waals surface area contributed by atoms with Crippen molar-refractivity contribution in [3.05, 3.63) is 83.4 Å². The van der Waals surface area contributed by atoms with Gasteiger partial charge in [-0.2, -0.15) is 5.10 Å². The molecule has 5 nitrogen and oxygen atoms in total. The zero-order valence-electron chi connectivity index (χ0n) is 17.2. The topological polar surface area (TPSA) is 51.0 Å². The lowest BCUT2D eigenvalue weighted by molar-refractivity contribution is 0.0594. The van der Waals surface area contributed by atoms with Crippen LogP contribution in [-0.2, 0) is 13.6 Å². The van der Waals surface area contributed by atoms with Crippen LogP contribution in [0.4, 0.5) is 0 Å². The molecule has 2 heterocycles. The van der Waals surface area contributed by atoms with Crippen LogP contribution in [0.1, 0.15) is 58.9 Å². The average molecular weight is 389 g/mol. The number of rotatable bonds is 5. The number of hydrogen-bond acceptors (Lipinski definition) is 3. The van der Waals surface area contributed by atoms with Crippen LogP contribution in [0, 0.1) is 6.92 Å². The molecule has 0 radical (unpaired) electrons. The SMILES string of the molecule is Cc1cc(C(=O)N(Cc2cccnc2)C2CCC(c3ccccc3)CC2)n(C)n1. The minimum Gasteiger partial charge on any atom is -0.330 e. The zero-order chi connectivity index (χ0) is 20.2. The fourth-order valence-electron chi connectivity index (χ4n) is 4.46. The Balaban J connectivity index is 1.54. The number of aryl methyl sites for hydroxylation is 2. The van der Waals surface area contributed by atoms with Crippen LogP contribution in [0.25, 0.3) is 0 Å². The maximum atomic E-state index is 13.5. The Labute approximate surface area is 172 Å². The number of nitrogens with zero attached hydrogens (tertiary/aromatic N) is 4. The van der Waals surface area contributed by atoms with Crippen LogP contribution in [0.2, 0.25) is 0 Å². The molecule has 0 spiro atoms. The molecule has 3 aromatic rings. The van der Waals surface area contributed by atoms with Crippen molar-refractivity contribution in [1.29, 1.82) is 0 Å². The van der Waals surface area contributed by atoms with Crippen molar-refractivity contribution < 1.29 is 4.79 Å². The zero-order valence-corrected chi connectivity index (χ0v) is 17.2. The molecule has 0 atom stereocenters. The quantitative estimate of drug-likeness (QED) is 0.647. The van der Waals surface area contributed by atoms with Gasteiger partial charge in [0.2, 0.25) is 0 Å². The largest absolute Gasteiger partial charge is 0.330 e. The summed E-state index contributed by atoms with van der Waals surface area (Å²) in [5, 5.41) is 4.38. The predicted octanol–water partition coefficient (Wildman–Crippen LogP) is 4.49. The van der Waals surface area contributed by atoms with Gasteiger partial charge in [-0.25, -0.2) is 0 Å². The van der Waals surface area contributed by atoms with Gasteiger partial charge in [0.25, 0.3) is 5.91 Å². The molecule has 0 N–H and O–H groups in total. The highest BCUT2D eigenvalue weighted by Gasteiger charge is 2.31. The molecule has 1 aliphatic carbocycles. The number of carbonyl (C=O) groups excluding carboxylic acids is 1. The first-order chi connectivity index (χ1) is 14.1. The molecule has 1 amide bonds. The van der Waals surface area contributed by atoms with Gasteiger partial charge in [-0.1, -0.05) is 36.4 Å². The van der Waals surface area contributed by atoms with E-state index in [1.54, 1.807) is 10.9 Å². The molecule has 1 fully saturated rings. The van der Waals surface area contributed by atoms with Crippen molar-refractivity contribution in [3.63, 3.8) is 0 Å². The van der Waals surface area contributed by atoms with Gasteiger partial charge in [0.1, 0.15) is 5.69 Å². The fraction of sp³-hybridized carbons (Fsp3) is 0.375. The Morgan fingerprint density at radius 3 is 2.48 bits per heavy atom. The van der Waals surface area contributed by atoms with E-state index in [-0.39, 0.29) is 11.9 Å². The van der Waals surface area contributed by atoms with Crippen LogP contribution < -0.4 is 0 Å². The van der Waals surface area contributed by atoms with Gasteiger partial charge in [0.05, 0.1) is 5.69 Å². The highest BCUT2D eigenvalue weighted by Crippen LogP contribution is 2.35. The van der Waals surface area contributed by atoms with E-state index in [4.69, 9.17) is 0 Å². The Morgan fingerprint density at radius 1 is 1.10 bits per heavy atom. The molecule has 0 saturated heterocycles. The van der Waals surface area contributed by atoms with E-state index in [9.17, 15) is 4.79 Å². The van der Waals surface area contributed by atoms with E-state index >= 15 is 0 Å². The van der Waals surface area contributed by atoms with E-state index in [0.29, 0.717) is 18.2 Å². The molecule has 29 heavy (non-hydrogen) atoms. The molecule has 1 saturated carbocycles. The van der Waals surface area contributed by atoms with E-state index in [2.05, 4.69) is 40.4 Å². The van der Waals surface area contributed by atoms with Crippen molar-refractivity contribution in [2.24, 2.45) is 7.05 Å². The minimum absolute atomic E-state index is 0.0557. The van der Waals surface area contributed by atoms with Crippen LogP contribution in [0.5, 0.6) is 0 Å². The van der Waals surface area contributed by atoms with Crippen molar-refractivity contribution in [2.75, 3.05) is 0 Å². The van der Waals surface area contributed by atoms with Crippen LogP contribution in [0.3, 0.4) is 0 Å².